The van der Waals surface area contributed by atoms with E-state index < -0.39 is 0 Å². The molecule has 0 bridgehead atoms. The maximum absolute atomic E-state index is 3.51. The fourth-order valence-corrected chi connectivity index (χ4v) is 3.28. The monoisotopic (exact) mass is 201 g/mol. The summed E-state index contributed by atoms with van der Waals surface area (Å²) in [5.41, 5.74) is 2.94. The van der Waals surface area contributed by atoms with Crippen LogP contribution in [-0.4, -0.2) is 13.1 Å². The lowest BCUT2D eigenvalue weighted by molar-refractivity contribution is 0.494. The molecule has 80 valence electrons. The SMILES string of the molecule is Cc1ccc(C2C[C@H]3CNC[C@@H]3C2)cc1. The molecule has 1 N–H and O–H groups in total. The van der Waals surface area contributed by atoms with Crippen LogP contribution in [0.3, 0.4) is 0 Å². The minimum atomic E-state index is 0.836. The van der Waals surface area contributed by atoms with Crippen molar-refractivity contribution in [1.29, 1.82) is 0 Å². The summed E-state index contributed by atoms with van der Waals surface area (Å²) < 4.78 is 0. The van der Waals surface area contributed by atoms with Crippen LogP contribution in [0.5, 0.6) is 0 Å². The van der Waals surface area contributed by atoms with Gasteiger partial charge in [0.15, 0.2) is 0 Å². The van der Waals surface area contributed by atoms with Crippen LogP contribution in [0.25, 0.3) is 0 Å². The van der Waals surface area contributed by atoms with E-state index in [-0.39, 0.29) is 0 Å². The maximum atomic E-state index is 3.51. The van der Waals surface area contributed by atoms with Crippen molar-refractivity contribution < 1.29 is 0 Å². The van der Waals surface area contributed by atoms with Gasteiger partial charge in [-0.25, -0.2) is 0 Å². The van der Waals surface area contributed by atoms with Gasteiger partial charge in [0.2, 0.25) is 0 Å². The average Bonchev–Trinajstić information content (AvgIpc) is 2.78. The minimum absolute atomic E-state index is 0.836. The van der Waals surface area contributed by atoms with E-state index in [0.29, 0.717) is 0 Å². The Balaban J connectivity index is 1.76. The Hall–Kier alpha value is -0.820. The highest BCUT2D eigenvalue weighted by Crippen LogP contribution is 2.43. The normalized spacial score (nSPS) is 30.7. The summed E-state index contributed by atoms with van der Waals surface area (Å²) >= 11 is 0. The quantitative estimate of drug-likeness (QED) is 0.736. The second kappa shape index (κ2) is 3.64. The Labute approximate surface area is 91.9 Å². The highest BCUT2D eigenvalue weighted by atomic mass is 14.9. The lowest BCUT2D eigenvalue weighted by Crippen LogP contribution is -2.11. The Kier molecular flexibility index (Phi) is 2.28. The van der Waals surface area contributed by atoms with Gasteiger partial charge < -0.3 is 5.32 Å². The predicted molar refractivity (Wildman–Crippen MR) is 63.0 cm³/mol. The molecule has 2 fully saturated rings. The Morgan fingerprint density at radius 1 is 1.00 bits per heavy atom. The molecule has 1 saturated heterocycles. The summed E-state index contributed by atoms with van der Waals surface area (Å²) in [6, 6.07) is 9.16. The molecule has 1 aromatic carbocycles. The topological polar surface area (TPSA) is 12.0 Å². The van der Waals surface area contributed by atoms with Crippen LogP contribution in [-0.2, 0) is 0 Å². The van der Waals surface area contributed by atoms with Gasteiger partial charge in [0, 0.05) is 0 Å². The number of aryl methyl sites for hydroxylation is 1. The standard InChI is InChI=1S/C14H19N/c1-10-2-4-11(5-3-10)12-6-13-8-15-9-14(13)7-12/h2-5,12-15H,6-9H2,1H3/t13-,14-/m0/s1. The largest absolute Gasteiger partial charge is 0.316 e. The highest BCUT2D eigenvalue weighted by molar-refractivity contribution is 5.25. The molecule has 0 amide bonds. The first-order valence-corrected chi connectivity index (χ1v) is 6.10. The van der Waals surface area contributed by atoms with Crippen molar-refractivity contribution in [1.82, 2.24) is 5.32 Å². The molecule has 2 aliphatic rings. The summed E-state index contributed by atoms with van der Waals surface area (Å²) in [6.07, 6.45) is 2.81. The summed E-state index contributed by atoms with van der Waals surface area (Å²) in [4.78, 5) is 0. The molecule has 2 atom stereocenters. The molecule has 1 heterocycles. The first kappa shape index (κ1) is 9.41. The Bertz CT molecular complexity index is 329. The zero-order valence-corrected chi connectivity index (χ0v) is 9.37. The lowest BCUT2D eigenvalue weighted by Gasteiger charge is -2.11. The molecular formula is C14H19N. The molecular weight excluding hydrogens is 182 g/mol. The molecule has 1 aliphatic heterocycles. The van der Waals surface area contributed by atoms with Gasteiger partial charge in [0.1, 0.15) is 0 Å². The van der Waals surface area contributed by atoms with Crippen molar-refractivity contribution in [3.05, 3.63) is 35.4 Å². The summed E-state index contributed by atoms with van der Waals surface area (Å²) in [6.45, 7) is 4.68. The molecule has 0 radical (unpaired) electrons. The molecule has 0 aromatic heterocycles. The molecule has 1 nitrogen and oxygen atoms in total. The van der Waals surface area contributed by atoms with E-state index in [9.17, 15) is 0 Å². The van der Waals surface area contributed by atoms with Crippen molar-refractivity contribution in [2.75, 3.05) is 13.1 Å². The molecule has 15 heavy (non-hydrogen) atoms. The second-order valence-corrected chi connectivity index (χ2v) is 5.26. The van der Waals surface area contributed by atoms with Crippen LogP contribution in [0.4, 0.5) is 0 Å². The molecule has 0 spiro atoms. The molecule has 0 unspecified atom stereocenters. The van der Waals surface area contributed by atoms with E-state index in [2.05, 4.69) is 36.5 Å². The predicted octanol–water partition coefficient (Wildman–Crippen LogP) is 2.71. The summed E-state index contributed by atoms with van der Waals surface area (Å²) in [5.74, 6) is 2.75. The average molecular weight is 201 g/mol. The van der Waals surface area contributed by atoms with E-state index in [1.165, 1.54) is 31.5 Å². The molecule has 1 heteroatoms. The van der Waals surface area contributed by atoms with Crippen molar-refractivity contribution in [3.8, 4) is 0 Å². The third-order valence-corrected chi connectivity index (χ3v) is 4.20. The zero-order chi connectivity index (χ0) is 10.3. The van der Waals surface area contributed by atoms with Crippen molar-refractivity contribution in [3.63, 3.8) is 0 Å². The van der Waals surface area contributed by atoms with Gasteiger partial charge in [-0.05, 0) is 56.2 Å². The van der Waals surface area contributed by atoms with Gasteiger partial charge in [0.25, 0.3) is 0 Å². The number of nitrogens with one attached hydrogen (secondary N) is 1. The van der Waals surface area contributed by atoms with E-state index in [0.717, 1.165) is 17.8 Å². The van der Waals surface area contributed by atoms with Crippen LogP contribution in [0.2, 0.25) is 0 Å². The van der Waals surface area contributed by atoms with Gasteiger partial charge in [-0.1, -0.05) is 29.8 Å². The number of rotatable bonds is 1. The van der Waals surface area contributed by atoms with Crippen LogP contribution < -0.4 is 5.32 Å². The van der Waals surface area contributed by atoms with Gasteiger partial charge in [-0.15, -0.1) is 0 Å². The number of benzene rings is 1. The van der Waals surface area contributed by atoms with Crippen LogP contribution in [0.15, 0.2) is 24.3 Å². The van der Waals surface area contributed by atoms with Crippen molar-refractivity contribution in [2.45, 2.75) is 25.7 Å². The Morgan fingerprint density at radius 3 is 2.20 bits per heavy atom. The Morgan fingerprint density at radius 2 is 1.60 bits per heavy atom. The van der Waals surface area contributed by atoms with Crippen molar-refractivity contribution >= 4 is 0 Å². The van der Waals surface area contributed by atoms with E-state index in [4.69, 9.17) is 0 Å². The number of hydrogen-bond acceptors (Lipinski definition) is 1. The molecule has 1 aromatic rings. The lowest BCUT2D eigenvalue weighted by atomic mass is 9.95. The summed E-state index contributed by atoms with van der Waals surface area (Å²) in [5, 5.41) is 3.51. The van der Waals surface area contributed by atoms with E-state index in [1.54, 1.807) is 5.56 Å². The third-order valence-electron chi connectivity index (χ3n) is 4.20. The van der Waals surface area contributed by atoms with Gasteiger partial charge >= 0.3 is 0 Å². The van der Waals surface area contributed by atoms with Gasteiger partial charge in [-0.2, -0.15) is 0 Å². The highest BCUT2D eigenvalue weighted by Gasteiger charge is 2.37. The maximum Gasteiger partial charge on any atom is -0.00171 e. The van der Waals surface area contributed by atoms with Gasteiger partial charge in [0.05, 0.1) is 0 Å². The zero-order valence-electron chi connectivity index (χ0n) is 9.37. The molecule has 3 rings (SSSR count). The van der Waals surface area contributed by atoms with E-state index in [1.807, 2.05) is 0 Å². The van der Waals surface area contributed by atoms with Gasteiger partial charge in [-0.3, -0.25) is 0 Å². The smallest absolute Gasteiger partial charge is 0.00171 e. The van der Waals surface area contributed by atoms with Crippen LogP contribution in [0.1, 0.15) is 29.9 Å². The second-order valence-electron chi connectivity index (χ2n) is 5.26. The molecule has 1 aliphatic carbocycles. The van der Waals surface area contributed by atoms with Crippen molar-refractivity contribution in [2.24, 2.45) is 11.8 Å². The first-order chi connectivity index (χ1) is 7.33. The minimum Gasteiger partial charge on any atom is -0.316 e. The first-order valence-electron chi connectivity index (χ1n) is 6.10. The fraction of sp³-hybridized carbons (Fsp3) is 0.571. The number of hydrogen-bond donors (Lipinski definition) is 1. The third kappa shape index (κ3) is 1.69. The summed E-state index contributed by atoms with van der Waals surface area (Å²) in [7, 11) is 0. The van der Waals surface area contributed by atoms with Crippen LogP contribution >= 0.6 is 0 Å². The van der Waals surface area contributed by atoms with Crippen LogP contribution in [0, 0.1) is 18.8 Å². The fourth-order valence-electron chi connectivity index (χ4n) is 3.28. The number of fused-ring (bicyclic) bond motifs is 1. The van der Waals surface area contributed by atoms with E-state index >= 15 is 0 Å². The molecule has 1 saturated carbocycles.